The molecule has 3 aromatic carbocycles. The first-order valence-electron chi connectivity index (χ1n) is 9.08. The Kier molecular flexibility index (Phi) is 7.33. The highest BCUT2D eigenvalue weighted by molar-refractivity contribution is 6.33. The van der Waals surface area contributed by atoms with E-state index in [0.29, 0.717) is 33.5 Å². The van der Waals surface area contributed by atoms with Gasteiger partial charge in [-0.1, -0.05) is 47.5 Å². The van der Waals surface area contributed by atoms with Crippen LogP contribution in [-0.4, -0.2) is 19.0 Å². The molecule has 3 rings (SSSR count). The van der Waals surface area contributed by atoms with Crippen molar-refractivity contribution in [3.8, 4) is 5.75 Å². The summed E-state index contributed by atoms with van der Waals surface area (Å²) in [4.78, 5) is 24.1. The molecule has 0 saturated heterocycles. The van der Waals surface area contributed by atoms with Gasteiger partial charge in [-0.25, -0.2) is 4.79 Å². The van der Waals surface area contributed by atoms with E-state index in [1.807, 2.05) is 18.2 Å². The predicted molar refractivity (Wildman–Crippen MR) is 116 cm³/mol. The molecule has 0 unspecified atom stereocenters. The van der Waals surface area contributed by atoms with Gasteiger partial charge in [0.15, 0.2) is 0 Å². The molecule has 0 spiro atoms. The van der Waals surface area contributed by atoms with E-state index in [9.17, 15) is 9.59 Å². The molecule has 30 heavy (non-hydrogen) atoms. The Morgan fingerprint density at radius 1 is 0.933 bits per heavy atom. The van der Waals surface area contributed by atoms with Gasteiger partial charge >= 0.3 is 5.97 Å². The third kappa shape index (κ3) is 5.75. The van der Waals surface area contributed by atoms with Gasteiger partial charge in [0.2, 0.25) is 0 Å². The second-order valence-corrected chi connectivity index (χ2v) is 7.28. The third-order valence-corrected chi connectivity index (χ3v) is 4.87. The van der Waals surface area contributed by atoms with Crippen molar-refractivity contribution in [1.29, 1.82) is 0 Å². The lowest BCUT2D eigenvalue weighted by molar-refractivity contribution is 0.0600. The van der Waals surface area contributed by atoms with Crippen LogP contribution in [0.4, 0.5) is 0 Å². The summed E-state index contributed by atoms with van der Waals surface area (Å²) < 4.78 is 10.4. The SMILES string of the molecule is COC(=O)c1ccc(CNC(=O)c2cc(OCc3cccc(Cl)c3)ccc2Cl)cc1. The summed E-state index contributed by atoms with van der Waals surface area (Å²) in [6.45, 7) is 0.597. The summed E-state index contributed by atoms with van der Waals surface area (Å²) in [6, 6.07) is 19.1. The van der Waals surface area contributed by atoms with E-state index in [1.54, 1.807) is 48.5 Å². The zero-order valence-corrected chi connectivity index (χ0v) is 17.7. The Bertz CT molecular complexity index is 1050. The van der Waals surface area contributed by atoms with Gasteiger partial charge in [-0.05, 0) is 53.6 Å². The van der Waals surface area contributed by atoms with Gasteiger partial charge in [-0.15, -0.1) is 0 Å². The minimum absolute atomic E-state index is 0.282. The molecule has 3 aromatic rings. The van der Waals surface area contributed by atoms with Crippen LogP contribution in [0.25, 0.3) is 0 Å². The highest BCUT2D eigenvalue weighted by atomic mass is 35.5. The van der Waals surface area contributed by atoms with Crippen LogP contribution in [0.3, 0.4) is 0 Å². The Morgan fingerprint density at radius 2 is 1.70 bits per heavy atom. The van der Waals surface area contributed by atoms with Crippen molar-refractivity contribution in [2.24, 2.45) is 0 Å². The molecule has 0 aromatic heterocycles. The van der Waals surface area contributed by atoms with E-state index in [-0.39, 0.29) is 12.5 Å². The Labute approximate surface area is 184 Å². The smallest absolute Gasteiger partial charge is 0.337 e. The first-order chi connectivity index (χ1) is 14.5. The predicted octanol–water partition coefficient (Wildman–Crippen LogP) is 5.29. The second-order valence-electron chi connectivity index (χ2n) is 6.43. The number of rotatable bonds is 7. The molecule has 0 bridgehead atoms. The van der Waals surface area contributed by atoms with Crippen LogP contribution < -0.4 is 10.1 Å². The van der Waals surface area contributed by atoms with Gasteiger partial charge in [0.1, 0.15) is 12.4 Å². The van der Waals surface area contributed by atoms with E-state index in [1.165, 1.54) is 7.11 Å². The van der Waals surface area contributed by atoms with E-state index < -0.39 is 5.97 Å². The lowest BCUT2D eigenvalue weighted by Crippen LogP contribution is -2.23. The van der Waals surface area contributed by atoms with E-state index in [0.717, 1.165) is 11.1 Å². The topological polar surface area (TPSA) is 64.6 Å². The van der Waals surface area contributed by atoms with Gasteiger partial charge in [0, 0.05) is 11.6 Å². The van der Waals surface area contributed by atoms with Crippen molar-refractivity contribution in [1.82, 2.24) is 5.32 Å². The fourth-order valence-corrected chi connectivity index (χ4v) is 3.13. The minimum Gasteiger partial charge on any atom is -0.489 e. The Balaban J connectivity index is 1.62. The van der Waals surface area contributed by atoms with Crippen LogP contribution in [0.2, 0.25) is 10.0 Å². The summed E-state index contributed by atoms with van der Waals surface area (Å²) >= 11 is 12.2. The summed E-state index contributed by atoms with van der Waals surface area (Å²) in [5.74, 6) is -0.218. The second kappa shape index (κ2) is 10.1. The van der Waals surface area contributed by atoms with E-state index in [2.05, 4.69) is 10.1 Å². The van der Waals surface area contributed by atoms with Crippen molar-refractivity contribution in [2.75, 3.05) is 7.11 Å². The number of carbonyl (C=O) groups is 2. The van der Waals surface area contributed by atoms with Crippen LogP contribution in [0.1, 0.15) is 31.8 Å². The lowest BCUT2D eigenvalue weighted by Gasteiger charge is -2.11. The molecule has 0 saturated carbocycles. The zero-order chi connectivity index (χ0) is 21.5. The molecule has 0 fully saturated rings. The van der Waals surface area contributed by atoms with Crippen LogP contribution in [-0.2, 0) is 17.9 Å². The molecule has 7 heteroatoms. The number of ether oxygens (including phenoxy) is 2. The standard InChI is InChI=1S/C23H19Cl2NO4/c1-29-23(28)17-7-5-15(6-8-17)13-26-22(27)20-12-19(9-10-21(20)25)30-14-16-3-2-4-18(24)11-16/h2-12H,13-14H2,1H3,(H,26,27). The van der Waals surface area contributed by atoms with Crippen LogP contribution in [0.5, 0.6) is 5.75 Å². The Morgan fingerprint density at radius 3 is 2.40 bits per heavy atom. The Hall–Kier alpha value is -3.02. The molecule has 154 valence electrons. The average Bonchev–Trinajstić information content (AvgIpc) is 2.76. The maximum Gasteiger partial charge on any atom is 0.337 e. The fourth-order valence-electron chi connectivity index (χ4n) is 2.72. The van der Waals surface area contributed by atoms with Gasteiger partial charge in [-0.3, -0.25) is 4.79 Å². The van der Waals surface area contributed by atoms with Crippen LogP contribution in [0.15, 0.2) is 66.7 Å². The molecule has 0 radical (unpaired) electrons. The fraction of sp³-hybridized carbons (Fsp3) is 0.130. The average molecular weight is 444 g/mol. The lowest BCUT2D eigenvalue weighted by atomic mass is 10.1. The molecule has 1 amide bonds. The van der Waals surface area contributed by atoms with Gasteiger partial charge in [0.05, 0.1) is 23.3 Å². The molecule has 0 aliphatic heterocycles. The molecule has 0 atom stereocenters. The number of esters is 1. The maximum atomic E-state index is 12.6. The number of hydrogen-bond donors (Lipinski definition) is 1. The molecule has 5 nitrogen and oxygen atoms in total. The van der Waals surface area contributed by atoms with Crippen molar-refractivity contribution in [3.05, 3.63) is 99.0 Å². The van der Waals surface area contributed by atoms with Crippen LogP contribution in [0, 0.1) is 0 Å². The summed E-state index contributed by atoms with van der Waals surface area (Å²) in [7, 11) is 1.33. The van der Waals surface area contributed by atoms with Gasteiger partial charge in [-0.2, -0.15) is 0 Å². The molecule has 1 N–H and O–H groups in total. The number of benzene rings is 3. The number of methoxy groups -OCH3 is 1. The number of amides is 1. The molecular formula is C23H19Cl2NO4. The highest BCUT2D eigenvalue weighted by Gasteiger charge is 2.12. The zero-order valence-electron chi connectivity index (χ0n) is 16.2. The maximum absolute atomic E-state index is 12.6. The van der Waals surface area contributed by atoms with Crippen molar-refractivity contribution < 1.29 is 19.1 Å². The number of nitrogens with one attached hydrogen (secondary N) is 1. The van der Waals surface area contributed by atoms with Gasteiger partial charge < -0.3 is 14.8 Å². The highest BCUT2D eigenvalue weighted by Crippen LogP contribution is 2.23. The number of hydrogen-bond acceptors (Lipinski definition) is 4. The first kappa shape index (κ1) is 21.7. The van der Waals surface area contributed by atoms with Crippen molar-refractivity contribution in [3.63, 3.8) is 0 Å². The van der Waals surface area contributed by atoms with E-state index in [4.69, 9.17) is 27.9 Å². The monoisotopic (exact) mass is 443 g/mol. The number of carbonyl (C=O) groups excluding carboxylic acids is 2. The summed E-state index contributed by atoms with van der Waals surface area (Å²) in [6.07, 6.45) is 0. The largest absolute Gasteiger partial charge is 0.489 e. The first-order valence-corrected chi connectivity index (χ1v) is 9.84. The van der Waals surface area contributed by atoms with Crippen molar-refractivity contribution in [2.45, 2.75) is 13.2 Å². The molecular weight excluding hydrogens is 425 g/mol. The molecule has 0 heterocycles. The molecule has 0 aliphatic carbocycles. The minimum atomic E-state index is -0.410. The third-order valence-electron chi connectivity index (χ3n) is 4.31. The summed E-state index contributed by atoms with van der Waals surface area (Å²) in [5, 5.41) is 3.77. The van der Waals surface area contributed by atoms with Crippen molar-refractivity contribution >= 4 is 35.1 Å². The molecule has 0 aliphatic rings. The van der Waals surface area contributed by atoms with Gasteiger partial charge in [0.25, 0.3) is 5.91 Å². The van der Waals surface area contributed by atoms with Crippen LogP contribution >= 0.6 is 23.2 Å². The summed E-state index contributed by atoms with van der Waals surface area (Å²) in [5.41, 5.74) is 2.51. The normalized spacial score (nSPS) is 10.4. The van der Waals surface area contributed by atoms with E-state index >= 15 is 0 Å². The quantitative estimate of drug-likeness (QED) is 0.503. The number of halogens is 2.